The molecule has 2 heterocycles. The van der Waals surface area contributed by atoms with Crippen molar-refractivity contribution in [2.24, 2.45) is 0 Å². The topological polar surface area (TPSA) is 54.0 Å². The maximum absolute atomic E-state index is 11.9. The highest BCUT2D eigenvalue weighted by Crippen LogP contribution is 2.22. The van der Waals surface area contributed by atoms with Crippen molar-refractivity contribution in [2.75, 3.05) is 6.54 Å². The Morgan fingerprint density at radius 3 is 2.85 bits per heavy atom. The van der Waals surface area contributed by atoms with Crippen molar-refractivity contribution in [3.8, 4) is 0 Å². The van der Waals surface area contributed by atoms with Crippen LogP contribution in [0.5, 0.6) is 0 Å². The quantitative estimate of drug-likeness (QED) is 0.867. The second kappa shape index (κ2) is 8.82. The highest BCUT2D eigenvalue weighted by Gasteiger charge is 2.25. The van der Waals surface area contributed by atoms with Gasteiger partial charge >= 0.3 is 0 Å². The average Bonchev–Trinajstić information content (AvgIpc) is 2.99. The van der Waals surface area contributed by atoms with E-state index in [-0.39, 0.29) is 36.3 Å². The number of hydrogen-bond acceptors (Lipinski definition) is 4. The Kier molecular flexibility index (Phi) is 8.66. The van der Waals surface area contributed by atoms with E-state index in [1.165, 1.54) is 12.8 Å². The van der Waals surface area contributed by atoms with E-state index in [2.05, 4.69) is 15.6 Å². The molecular formula is C13H23Cl2N3OS. The molecule has 1 fully saturated rings. The summed E-state index contributed by atoms with van der Waals surface area (Å²) in [7, 11) is 0. The molecule has 4 nitrogen and oxygen atoms in total. The molecule has 1 unspecified atom stereocenters. The monoisotopic (exact) mass is 339 g/mol. The van der Waals surface area contributed by atoms with Crippen molar-refractivity contribution in [1.82, 2.24) is 15.6 Å². The molecule has 0 aliphatic carbocycles. The fourth-order valence-corrected chi connectivity index (χ4v) is 3.02. The Labute approximate surface area is 137 Å². The van der Waals surface area contributed by atoms with Gasteiger partial charge in [0.2, 0.25) is 5.91 Å². The molecule has 2 rings (SSSR count). The number of nitrogens with one attached hydrogen (secondary N) is 2. The van der Waals surface area contributed by atoms with Crippen LogP contribution in [0.1, 0.15) is 44.5 Å². The number of carbonyl (C=O) groups is 1. The van der Waals surface area contributed by atoms with Crippen LogP contribution >= 0.6 is 36.2 Å². The molecule has 116 valence electrons. The van der Waals surface area contributed by atoms with Gasteiger partial charge in [-0.1, -0.05) is 0 Å². The Balaban J connectivity index is 0.00000180. The third-order valence-electron chi connectivity index (χ3n) is 3.30. The van der Waals surface area contributed by atoms with Crippen molar-refractivity contribution in [3.63, 3.8) is 0 Å². The minimum absolute atomic E-state index is 0. The molecule has 1 atom stereocenters. The summed E-state index contributed by atoms with van der Waals surface area (Å²) in [4.78, 5) is 16.2. The van der Waals surface area contributed by atoms with E-state index < -0.39 is 0 Å². The predicted molar refractivity (Wildman–Crippen MR) is 88.0 cm³/mol. The summed E-state index contributed by atoms with van der Waals surface area (Å²) in [6.45, 7) is 5.09. The van der Waals surface area contributed by atoms with Crippen LogP contribution in [0.3, 0.4) is 0 Å². The summed E-state index contributed by atoms with van der Waals surface area (Å²) >= 11 is 1.58. The average molecular weight is 340 g/mol. The molecule has 1 aromatic rings. The Bertz CT molecular complexity index is 392. The zero-order valence-electron chi connectivity index (χ0n) is 11.8. The highest BCUT2D eigenvalue weighted by atomic mass is 35.5. The van der Waals surface area contributed by atoms with E-state index in [4.69, 9.17) is 0 Å². The minimum Gasteiger partial charge on any atom is -0.345 e. The van der Waals surface area contributed by atoms with Crippen LogP contribution in [0.15, 0.2) is 11.6 Å². The lowest BCUT2D eigenvalue weighted by Gasteiger charge is -2.24. The van der Waals surface area contributed by atoms with Crippen molar-refractivity contribution >= 4 is 42.1 Å². The lowest BCUT2D eigenvalue weighted by Crippen LogP contribution is -2.41. The summed E-state index contributed by atoms with van der Waals surface area (Å²) in [5.74, 6) is 0.115. The van der Waals surface area contributed by atoms with E-state index in [9.17, 15) is 4.79 Å². The minimum atomic E-state index is -0.367. The molecule has 20 heavy (non-hydrogen) atoms. The van der Waals surface area contributed by atoms with Gasteiger partial charge < -0.3 is 10.6 Å². The first-order valence-corrected chi connectivity index (χ1v) is 7.40. The lowest BCUT2D eigenvalue weighted by atomic mass is 10.1. The van der Waals surface area contributed by atoms with Crippen LogP contribution in [0.4, 0.5) is 0 Å². The predicted octanol–water partition coefficient (Wildman–Crippen LogP) is 2.87. The molecule has 7 heteroatoms. The first-order valence-electron chi connectivity index (χ1n) is 6.52. The number of rotatable bonds is 5. The summed E-state index contributed by atoms with van der Waals surface area (Å²) in [5, 5.41) is 9.37. The van der Waals surface area contributed by atoms with Crippen LogP contribution in [0.25, 0.3) is 0 Å². The molecule has 1 aromatic heterocycles. The number of aromatic nitrogens is 1. The molecule has 1 amide bonds. The van der Waals surface area contributed by atoms with Gasteiger partial charge in [0.15, 0.2) is 0 Å². The van der Waals surface area contributed by atoms with Crippen molar-refractivity contribution in [2.45, 2.75) is 51.1 Å². The molecule has 0 bridgehead atoms. The second-order valence-corrected chi connectivity index (χ2v) is 6.24. The maximum Gasteiger partial charge on any atom is 0.220 e. The van der Waals surface area contributed by atoms with Gasteiger partial charge in [0.1, 0.15) is 5.01 Å². The first-order chi connectivity index (χ1) is 8.58. The number of carbonyl (C=O) groups excluding carboxylic acids is 1. The Morgan fingerprint density at radius 1 is 1.55 bits per heavy atom. The Hall–Kier alpha value is -0.360. The molecule has 0 spiro atoms. The zero-order valence-corrected chi connectivity index (χ0v) is 14.3. The van der Waals surface area contributed by atoms with Crippen LogP contribution in [-0.2, 0) is 10.3 Å². The number of hydrogen-bond donors (Lipinski definition) is 2. The van der Waals surface area contributed by atoms with Gasteiger partial charge in [0, 0.05) is 24.0 Å². The molecule has 0 aromatic carbocycles. The normalized spacial score (nSPS) is 18.0. The van der Waals surface area contributed by atoms with Crippen LogP contribution in [0, 0.1) is 0 Å². The van der Waals surface area contributed by atoms with E-state index in [1.54, 1.807) is 17.5 Å². The number of amides is 1. The third kappa shape index (κ3) is 5.56. The number of thiazole rings is 1. The largest absolute Gasteiger partial charge is 0.345 e. The molecular weight excluding hydrogens is 317 g/mol. The van der Waals surface area contributed by atoms with E-state index >= 15 is 0 Å². The molecule has 0 saturated carbocycles. The molecule has 0 radical (unpaired) electrons. The van der Waals surface area contributed by atoms with Gasteiger partial charge in [-0.2, -0.15) is 0 Å². The van der Waals surface area contributed by atoms with Gasteiger partial charge in [0.05, 0.1) is 5.54 Å². The van der Waals surface area contributed by atoms with Gasteiger partial charge in [-0.15, -0.1) is 36.2 Å². The number of nitrogens with zero attached hydrogens (tertiary/aromatic N) is 1. The zero-order chi connectivity index (χ0) is 13.0. The fourth-order valence-electron chi connectivity index (χ4n) is 2.31. The number of halogens is 2. The summed E-state index contributed by atoms with van der Waals surface area (Å²) in [6.07, 6.45) is 5.72. The van der Waals surface area contributed by atoms with Crippen LogP contribution in [-0.4, -0.2) is 23.5 Å². The van der Waals surface area contributed by atoms with E-state index in [1.807, 2.05) is 19.2 Å². The molecule has 1 aliphatic heterocycles. The van der Waals surface area contributed by atoms with Crippen molar-refractivity contribution in [1.29, 1.82) is 0 Å². The first kappa shape index (κ1) is 19.6. The maximum atomic E-state index is 11.9. The standard InChI is InChI=1S/C13H21N3OS.2ClH/c1-13(2,12-15-8-9-18-12)16-11(17)6-5-10-4-3-7-14-10;;/h8-10,14H,3-7H2,1-2H3,(H,16,17);2*1H. The second-order valence-electron chi connectivity index (χ2n) is 5.34. The third-order valence-corrected chi connectivity index (χ3v) is 4.40. The SMILES string of the molecule is CC(C)(NC(=O)CCC1CCCN1)c1nccs1.Cl.Cl. The summed E-state index contributed by atoms with van der Waals surface area (Å²) in [6, 6.07) is 0.527. The Morgan fingerprint density at radius 2 is 2.30 bits per heavy atom. The van der Waals surface area contributed by atoms with Crippen molar-refractivity contribution in [3.05, 3.63) is 16.6 Å². The van der Waals surface area contributed by atoms with Crippen molar-refractivity contribution < 1.29 is 4.79 Å². The molecule has 1 aliphatic rings. The summed E-state index contributed by atoms with van der Waals surface area (Å²) < 4.78 is 0. The van der Waals surface area contributed by atoms with Crippen LogP contribution < -0.4 is 10.6 Å². The smallest absolute Gasteiger partial charge is 0.220 e. The molecule has 1 saturated heterocycles. The molecule has 2 N–H and O–H groups in total. The highest BCUT2D eigenvalue weighted by molar-refractivity contribution is 7.09. The lowest BCUT2D eigenvalue weighted by molar-refractivity contribution is -0.123. The van der Waals surface area contributed by atoms with E-state index in [0.717, 1.165) is 18.0 Å². The van der Waals surface area contributed by atoms with Gasteiger partial charge in [-0.3, -0.25) is 4.79 Å². The van der Waals surface area contributed by atoms with E-state index in [0.29, 0.717) is 12.5 Å². The summed E-state index contributed by atoms with van der Waals surface area (Å²) in [5.41, 5.74) is -0.367. The van der Waals surface area contributed by atoms with Gasteiger partial charge in [-0.05, 0) is 39.7 Å². The van der Waals surface area contributed by atoms with Gasteiger partial charge in [0.25, 0.3) is 0 Å². The van der Waals surface area contributed by atoms with Crippen LogP contribution in [0.2, 0.25) is 0 Å². The fraction of sp³-hybridized carbons (Fsp3) is 0.692. The van der Waals surface area contributed by atoms with Gasteiger partial charge in [-0.25, -0.2) is 4.98 Å².